The molecule has 1 heterocycles. The molecule has 0 unspecified atom stereocenters. The lowest BCUT2D eigenvalue weighted by molar-refractivity contribution is 0.145. The minimum absolute atomic E-state index is 0.546. The van der Waals surface area contributed by atoms with Crippen LogP contribution in [0.1, 0.15) is 43.1 Å². The molecule has 0 aromatic carbocycles. The summed E-state index contributed by atoms with van der Waals surface area (Å²) in [6.45, 7) is 0. The van der Waals surface area contributed by atoms with Gasteiger partial charge in [0.1, 0.15) is 11.4 Å². The molecule has 0 spiro atoms. The molecule has 3 rings (SSSR count). The third-order valence-corrected chi connectivity index (χ3v) is 3.45. The van der Waals surface area contributed by atoms with Crippen molar-refractivity contribution in [3.05, 3.63) is 22.2 Å². The van der Waals surface area contributed by atoms with Crippen LogP contribution in [0.4, 0.5) is 0 Å². The van der Waals surface area contributed by atoms with Gasteiger partial charge in [-0.15, -0.1) is 0 Å². The largest absolute Gasteiger partial charge is 0.384 e. The predicted octanol–water partition coefficient (Wildman–Crippen LogP) is 2.10. The first-order valence-corrected chi connectivity index (χ1v) is 5.74. The van der Waals surface area contributed by atoms with E-state index >= 15 is 0 Å². The number of hydrogen-bond donors (Lipinski definition) is 1. The molecule has 0 radical (unpaired) electrons. The van der Waals surface area contributed by atoms with Crippen LogP contribution in [0, 0.1) is 0 Å². The van der Waals surface area contributed by atoms with E-state index < -0.39 is 5.60 Å². The van der Waals surface area contributed by atoms with E-state index in [1.54, 1.807) is 6.20 Å². The standard InChI is InChI=1S/C10H11BrN2O/c11-7-5-12-9(6-1-2-6)13-8(7)10(14)3-4-10/h5-6,14H,1-4H2. The Morgan fingerprint density at radius 1 is 1.43 bits per heavy atom. The van der Waals surface area contributed by atoms with Crippen LogP contribution in [0.3, 0.4) is 0 Å². The average Bonchev–Trinajstić information content (AvgIpc) is 3.00. The molecule has 1 aromatic rings. The minimum Gasteiger partial charge on any atom is -0.384 e. The predicted molar refractivity (Wildman–Crippen MR) is 54.8 cm³/mol. The molecular weight excluding hydrogens is 244 g/mol. The fourth-order valence-corrected chi connectivity index (χ4v) is 2.16. The van der Waals surface area contributed by atoms with Crippen LogP contribution in [0.25, 0.3) is 0 Å². The van der Waals surface area contributed by atoms with Gasteiger partial charge in [-0.2, -0.15) is 0 Å². The first kappa shape index (κ1) is 8.80. The van der Waals surface area contributed by atoms with Gasteiger partial charge in [0.2, 0.25) is 0 Å². The Morgan fingerprint density at radius 2 is 2.14 bits per heavy atom. The second-order valence-electron chi connectivity index (χ2n) is 4.23. The van der Waals surface area contributed by atoms with Gasteiger partial charge in [0.05, 0.1) is 10.2 Å². The van der Waals surface area contributed by atoms with E-state index in [1.165, 1.54) is 12.8 Å². The zero-order chi connectivity index (χ0) is 9.76. The Morgan fingerprint density at radius 3 is 2.71 bits per heavy atom. The Bertz CT molecular complexity index is 386. The van der Waals surface area contributed by atoms with Crippen molar-refractivity contribution in [3.63, 3.8) is 0 Å². The third-order valence-electron chi connectivity index (χ3n) is 2.87. The molecule has 14 heavy (non-hydrogen) atoms. The van der Waals surface area contributed by atoms with Crippen LogP contribution >= 0.6 is 15.9 Å². The van der Waals surface area contributed by atoms with E-state index in [-0.39, 0.29) is 0 Å². The summed E-state index contributed by atoms with van der Waals surface area (Å²) >= 11 is 3.39. The molecule has 2 saturated carbocycles. The summed E-state index contributed by atoms with van der Waals surface area (Å²) in [4.78, 5) is 8.73. The number of aromatic nitrogens is 2. The smallest absolute Gasteiger partial charge is 0.131 e. The maximum Gasteiger partial charge on any atom is 0.131 e. The summed E-state index contributed by atoms with van der Waals surface area (Å²) in [6.07, 6.45) is 5.81. The Labute approximate surface area is 90.7 Å². The van der Waals surface area contributed by atoms with Crippen molar-refractivity contribution in [3.8, 4) is 0 Å². The van der Waals surface area contributed by atoms with Gasteiger partial charge in [-0.25, -0.2) is 9.97 Å². The van der Waals surface area contributed by atoms with Crippen LogP contribution in [0.5, 0.6) is 0 Å². The molecule has 0 bridgehead atoms. The molecule has 0 amide bonds. The van der Waals surface area contributed by atoms with Crippen LogP contribution in [-0.4, -0.2) is 15.1 Å². The minimum atomic E-state index is -0.661. The quantitative estimate of drug-likeness (QED) is 0.880. The Kier molecular flexibility index (Phi) is 1.74. The second-order valence-corrected chi connectivity index (χ2v) is 5.08. The van der Waals surface area contributed by atoms with Crippen LogP contribution in [0.15, 0.2) is 10.7 Å². The van der Waals surface area contributed by atoms with E-state index in [9.17, 15) is 5.11 Å². The first-order chi connectivity index (χ1) is 6.69. The zero-order valence-electron chi connectivity index (χ0n) is 7.70. The molecule has 2 aliphatic rings. The van der Waals surface area contributed by atoms with Crippen molar-refractivity contribution in [2.24, 2.45) is 0 Å². The topological polar surface area (TPSA) is 46.0 Å². The van der Waals surface area contributed by atoms with E-state index in [2.05, 4.69) is 25.9 Å². The van der Waals surface area contributed by atoms with Crippen molar-refractivity contribution >= 4 is 15.9 Å². The van der Waals surface area contributed by atoms with Crippen LogP contribution in [-0.2, 0) is 5.60 Å². The van der Waals surface area contributed by atoms with Gasteiger partial charge in [-0.1, -0.05) is 0 Å². The summed E-state index contributed by atoms with van der Waals surface area (Å²) in [5.74, 6) is 1.45. The summed E-state index contributed by atoms with van der Waals surface area (Å²) in [5.41, 5.74) is 0.125. The molecular formula is C10H11BrN2O. The van der Waals surface area contributed by atoms with Gasteiger partial charge in [0.15, 0.2) is 0 Å². The molecule has 1 aromatic heterocycles. The van der Waals surface area contributed by atoms with Crippen molar-refractivity contribution in [1.82, 2.24) is 9.97 Å². The van der Waals surface area contributed by atoms with E-state index in [4.69, 9.17) is 0 Å². The fraction of sp³-hybridized carbons (Fsp3) is 0.600. The lowest BCUT2D eigenvalue weighted by Crippen LogP contribution is -2.10. The highest BCUT2D eigenvalue weighted by Gasteiger charge is 2.45. The lowest BCUT2D eigenvalue weighted by Gasteiger charge is -2.10. The fourth-order valence-electron chi connectivity index (χ4n) is 1.60. The summed E-state index contributed by atoms with van der Waals surface area (Å²) in [5, 5.41) is 9.99. The van der Waals surface area contributed by atoms with E-state index in [1.807, 2.05) is 0 Å². The molecule has 2 aliphatic carbocycles. The molecule has 3 nitrogen and oxygen atoms in total. The Balaban J connectivity index is 2.03. The Hall–Kier alpha value is -0.480. The molecule has 0 aliphatic heterocycles. The number of hydrogen-bond acceptors (Lipinski definition) is 3. The van der Waals surface area contributed by atoms with Gasteiger partial charge in [-0.05, 0) is 41.6 Å². The lowest BCUT2D eigenvalue weighted by atomic mass is 10.2. The molecule has 2 fully saturated rings. The monoisotopic (exact) mass is 254 g/mol. The second kappa shape index (κ2) is 2.76. The SMILES string of the molecule is OC1(c2nc(C3CC3)ncc2Br)CC1. The van der Waals surface area contributed by atoms with Gasteiger partial charge in [0.25, 0.3) is 0 Å². The maximum atomic E-state index is 9.99. The first-order valence-electron chi connectivity index (χ1n) is 4.94. The van der Waals surface area contributed by atoms with Gasteiger partial charge in [0, 0.05) is 12.1 Å². The van der Waals surface area contributed by atoms with Crippen molar-refractivity contribution in [2.75, 3.05) is 0 Å². The number of halogens is 1. The highest BCUT2D eigenvalue weighted by molar-refractivity contribution is 9.10. The van der Waals surface area contributed by atoms with E-state index in [0.717, 1.165) is 28.8 Å². The van der Waals surface area contributed by atoms with Crippen molar-refractivity contribution in [1.29, 1.82) is 0 Å². The van der Waals surface area contributed by atoms with Gasteiger partial charge < -0.3 is 5.11 Å². The molecule has 4 heteroatoms. The highest BCUT2D eigenvalue weighted by Crippen LogP contribution is 2.47. The number of aliphatic hydroxyl groups is 1. The van der Waals surface area contributed by atoms with Crippen molar-refractivity contribution < 1.29 is 5.11 Å². The summed E-state index contributed by atoms with van der Waals surface area (Å²) in [6, 6.07) is 0. The van der Waals surface area contributed by atoms with Gasteiger partial charge >= 0.3 is 0 Å². The zero-order valence-corrected chi connectivity index (χ0v) is 9.29. The van der Waals surface area contributed by atoms with Crippen LogP contribution < -0.4 is 0 Å². The third kappa shape index (κ3) is 1.37. The average molecular weight is 255 g/mol. The normalized spacial score (nSPS) is 23.6. The molecule has 74 valence electrons. The van der Waals surface area contributed by atoms with E-state index in [0.29, 0.717) is 5.92 Å². The summed E-state index contributed by atoms with van der Waals surface area (Å²) < 4.78 is 0.835. The van der Waals surface area contributed by atoms with Gasteiger partial charge in [-0.3, -0.25) is 0 Å². The summed E-state index contributed by atoms with van der Waals surface area (Å²) in [7, 11) is 0. The molecule has 0 saturated heterocycles. The van der Waals surface area contributed by atoms with Crippen molar-refractivity contribution in [2.45, 2.75) is 37.2 Å². The number of rotatable bonds is 2. The maximum absolute atomic E-state index is 9.99. The highest BCUT2D eigenvalue weighted by atomic mass is 79.9. The number of nitrogens with zero attached hydrogens (tertiary/aromatic N) is 2. The van der Waals surface area contributed by atoms with Crippen LogP contribution in [0.2, 0.25) is 0 Å². The molecule has 1 N–H and O–H groups in total. The molecule has 0 atom stereocenters.